The second-order valence-corrected chi connectivity index (χ2v) is 3.05. The smallest absolute Gasteiger partial charge is 0.162 e. The maximum atomic E-state index is 10.3. The monoisotopic (exact) mass is 168 g/mol. The summed E-state index contributed by atoms with van der Waals surface area (Å²) in [4.78, 5) is 10.3. The molecule has 0 radical (unpaired) electrons. The van der Waals surface area contributed by atoms with Crippen LogP contribution in [-0.2, 0) is 4.79 Å². The molecule has 1 rings (SSSR count). The quantitative estimate of drug-likeness (QED) is 0.477. The molecule has 3 nitrogen and oxygen atoms in total. The molecule has 0 fully saturated rings. The molecule has 2 N–H and O–H groups in total. The summed E-state index contributed by atoms with van der Waals surface area (Å²) in [7, 11) is 0. The normalized spacial score (nSPS) is 21.1. The Bertz CT molecular complexity index is 177. The zero-order valence-corrected chi connectivity index (χ0v) is 7.47. The number of allylic oxidation sites excluding steroid dienone is 1. The Balaban J connectivity index is 2.14. The molecule has 1 aliphatic rings. The molecular formula is C9H16N2O. The third kappa shape index (κ3) is 2.57. The number of rotatable bonds is 5. The molecule has 0 saturated heterocycles. The summed E-state index contributed by atoms with van der Waals surface area (Å²) in [6, 6.07) is 0. The zero-order valence-electron chi connectivity index (χ0n) is 7.47. The summed E-state index contributed by atoms with van der Waals surface area (Å²) in [6.45, 7) is 2.18. The molecule has 0 aromatic heterocycles. The minimum absolute atomic E-state index is 0.193. The Kier molecular flexibility index (Phi) is 3.64. The molecule has 3 heteroatoms. The van der Waals surface area contributed by atoms with Crippen LogP contribution in [0, 0.1) is 0 Å². The van der Waals surface area contributed by atoms with Gasteiger partial charge in [-0.05, 0) is 12.8 Å². The molecule has 1 atom stereocenters. The average Bonchev–Trinajstić information content (AvgIpc) is 2.53. The second kappa shape index (κ2) is 4.80. The first kappa shape index (κ1) is 9.10. The largest absolute Gasteiger partial charge is 0.364 e. The summed E-state index contributed by atoms with van der Waals surface area (Å²) >= 11 is 0. The minimum atomic E-state index is -0.193. The van der Waals surface area contributed by atoms with Gasteiger partial charge in [0.1, 0.15) is 0 Å². The van der Waals surface area contributed by atoms with Crippen LogP contribution in [-0.4, -0.2) is 12.5 Å². The van der Waals surface area contributed by atoms with E-state index in [1.807, 2.05) is 6.20 Å². The highest BCUT2D eigenvalue weighted by molar-refractivity contribution is 5.58. The fourth-order valence-corrected chi connectivity index (χ4v) is 1.26. The molecule has 0 spiro atoms. The highest BCUT2D eigenvalue weighted by Crippen LogP contribution is 2.08. The van der Waals surface area contributed by atoms with Gasteiger partial charge in [0.05, 0.1) is 0 Å². The summed E-state index contributed by atoms with van der Waals surface area (Å²) < 4.78 is 0. The van der Waals surface area contributed by atoms with Crippen molar-refractivity contribution >= 4 is 6.29 Å². The summed E-state index contributed by atoms with van der Waals surface area (Å²) in [6.07, 6.45) is 7.32. The predicted molar refractivity (Wildman–Crippen MR) is 48.3 cm³/mol. The van der Waals surface area contributed by atoms with E-state index in [0.29, 0.717) is 0 Å². The number of carbonyl (C=O) groups excluding carboxylic acids is 1. The van der Waals surface area contributed by atoms with E-state index in [-0.39, 0.29) is 6.17 Å². The van der Waals surface area contributed by atoms with Crippen LogP contribution in [0.15, 0.2) is 11.9 Å². The Morgan fingerprint density at radius 2 is 2.42 bits per heavy atom. The lowest BCUT2D eigenvalue weighted by Gasteiger charge is -2.05. The van der Waals surface area contributed by atoms with Crippen molar-refractivity contribution in [1.82, 2.24) is 10.6 Å². The lowest BCUT2D eigenvalue weighted by Crippen LogP contribution is -2.33. The highest BCUT2D eigenvalue weighted by Gasteiger charge is 2.11. The molecule has 68 valence electrons. The first-order valence-corrected chi connectivity index (χ1v) is 4.53. The molecular weight excluding hydrogens is 152 g/mol. The molecule has 1 unspecified atom stereocenters. The van der Waals surface area contributed by atoms with Gasteiger partial charge in [-0.15, -0.1) is 0 Å². The van der Waals surface area contributed by atoms with Gasteiger partial charge in [0, 0.05) is 11.9 Å². The topological polar surface area (TPSA) is 41.1 Å². The molecule has 1 heterocycles. The first-order valence-electron chi connectivity index (χ1n) is 4.53. The molecule has 0 aliphatic carbocycles. The standard InChI is InChI=1S/C9H16N2O/c1-2-3-4-5-8-6-10-9(7-12)11-8/h6-7,9-11H,2-5H2,1H3. The van der Waals surface area contributed by atoms with Gasteiger partial charge >= 0.3 is 0 Å². The van der Waals surface area contributed by atoms with Gasteiger partial charge in [0.15, 0.2) is 12.5 Å². The summed E-state index contributed by atoms with van der Waals surface area (Å²) in [5.41, 5.74) is 1.15. The van der Waals surface area contributed by atoms with Crippen LogP contribution in [0.5, 0.6) is 0 Å². The van der Waals surface area contributed by atoms with E-state index in [0.717, 1.165) is 18.4 Å². The maximum absolute atomic E-state index is 10.3. The van der Waals surface area contributed by atoms with Crippen molar-refractivity contribution < 1.29 is 4.79 Å². The van der Waals surface area contributed by atoms with E-state index >= 15 is 0 Å². The van der Waals surface area contributed by atoms with Crippen molar-refractivity contribution in [2.24, 2.45) is 0 Å². The predicted octanol–water partition coefficient (Wildman–Crippen LogP) is 1.13. The van der Waals surface area contributed by atoms with Gasteiger partial charge in [-0.25, -0.2) is 0 Å². The number of unbranched alkanes of at least 4 members (excludes halogenated alkanes) is 2. The molecule has 1 aliphatic heterocycles. The van der Waals surface area contributed by atoms with Crippen molar-refractivity contribution in [1.29, 1.82) is 0 Å². The van der Waals surface area contributed by atoms with Crippen LogP contribution in [0.25, 0.3) is 0 Å². The van der Waals surface area contributed by atoms with E-state index < -0.39 is 0 Å². The third-order valence-corrected chi connectivity index (χ3v) is 1.96. The highest BCUT2D eigenvalue weighted by atomic mass is 16.1. The lowest BCUT2D eigenvalue weighted by atomic mass is 10.2. The first-order chi connectivity index (χ1) is 5.86. The number of aldehydes is 1. The fourth-order valence-electron chi connectivity index (χ4n) is 1.26. The fraction of sp³-hybridized carbons (Fsp3) is 0.667. The van der Waals surface area contributed by atoms with Crippen molar-refractivity contribution in [3.8, 4) is 0 Å². The molecule has 0 saturated carbocycles. The van der Waals surface area contributed by atoms with Crippen molar-refractivity contribution in [2.45, 2.75) is 38.8 Å². The maximum Gasteiger partial charge on any atom is 0.162 e. The third-order valence-electron chi connectivity index (χ3n) is 1.96. The summed E-state index contributed by atoms with van der Waals surface area (Å²) in [5, 5.41) is 6.02. The number of nitrogens with one attached hydrogen (secondary N) is 2. The van der Waals surface area contributed by atoms with Crippen molar-refractivity contribution in [2.75, 3.05) is 0 Å². The molecule has 0 amide bonds. The molecule has 0 aromatic rings. The van der Waals surface area contributed by atoms with Crippen LogP contribution >= 0.6 is 0 Å². The summed E-state index contributed by atoms with van der Waals surface area (Å²) in [5.74, 6) is 0. The van der Waals surface area contributed by atoms with E-state index in [1.54, 1.807) is 0 Å². The minimum Gasteiger partial charge on any atom is -0.364 e. The molecule has 12 heavy (non-hydrogen) atoms. The SMILES string of the molecule is CCCCCC1=CNC(C=O)N1. The number of carbonyl (C=O) groups is 1. The number of hydrogen-bond acceptors (Lipinski definition) is 3. The van der Waals surface area contributed by atoms with Gasteiger partial charge in [-0.2, -0.15) is 0 Å². The van der Waals surface area contributed by atoms with Crippen molar-refractivity contribution in [3.63, 3.8) is 0 Å². The van der Waals surface area contributed by atoms with Gasteiger partial charge in [0.2, 0.25) is 0 Å². The van der Waals surface area contributed by atoms with E-state index in [9.17, 15) is 4.79 Å². The molecule has 0 aromatic carbocycles. The lowest BCUT2D eigenvalue weighted by molar-refractivity contribution is -0.109. The van der Waals surface area contributed by atoms with Crippen LogP contribution in [0.1, 0.15) is 32.6 Å². The Hall–Kier alpha value is -0.990. The van der Waals surface area contributed by atoms with Gasteiger partial charge in [-0.1, -0.05) is 19.8 Å². The van der Waals surface area contributed by atoms with Gasteiger partial charge in [0.25, 0.3) is 0 Å². The average molecular weight is 168 g/mol. The van der Waals surface area contributed by atoms with Gasteiger partial charge < -0.3 is 10.6 Å². The van der Waals surface area contributed by atoms with Gasteiger partial charge in [-0.3, -0.25) is 4.79 Å². The van der Waals surface area contributed by atoms with Crippen LogP contribution in [0.2, 0.25) is 0 Å². The second-order valence-electron chi connectivity index (χ2n) is 3.05. The van der Waals surface area contributed by atoms with Crippen LogP contribution in [0.3, 0.4) is 0 Å². The van der Waals surface area contributed by atoms with E-state index in [4.69, 9.17) is 0 Å². The Morgan fingerprint density at radius 1 is 1.58 bits per heavy atom. The van der Waals surface area contributed by atoms with Crippen molar-refractivity contribution in [3.05, 3.63) is 11.9 Å². The number of hydrogen-bond donors (Lipinski definition) is 2. The Morgan fingerprint density at radius 3 is 3.00 bits per heavy atom. The van der Waals surface area contributed by atoms with E-state index in [1.165, 1.54) is 19.3 Å². The van der Waals surface area contributed by atoms with Crippen LogP contribution < -0.4 is 10.6 Å². The Labute approximate surface area is 73.2 Å². The van der Waals surface area contributed by atoms with Crippen LogP contribution in [0.4, 0.5) is 0 Å². The van der Waals surface area contributed by atoms with E-state index in [2.05, 4.69) is 17.6 Å². The molecule has 0 bridgehead atoms. The zero-order chi connectivity index (χ0) is 8.81.